The van der Waals surface area contributed by atoms with Crippen LogP contribution >= 0.6 is 11.3 Å². The van der Waals surface area contributed by atoms with Gasteiger partial charge in [-0.2, -0.15) is 0 Å². The molecule has 0 bridgehead atoms. The third-order valence-corrected chi connectivity index (χ3v) is 5.57. The zero-order chi connectivity index (χ0) is 15.5. The largest absolute Gasteiger partial charge is 0.354 e. The Morgan fingerprint density at radius 1 is 1.50 bits per heavy atom. The predicted octanol–water partition coefficient (Wildman–Crippen LogP) is 2.44. The summed E-state index contributed by atoms with van der Waals surface area (Å²) in [6.07, 6.45) is 4.49. The van der Waals surface area contributed by atoms with Gasteiger partial charge in [0.15, 0.2) is 0 Å². The summed E-state index contributed by atoms with van der Waals surface area (Å²) in [6, 6.07) is 1.76. The average Bonchev–Trinajstić information content (AvgIpc) is 2.91. The Bertz CT molecular complexity index is 557. The van der Waals surface area contributed by atoms with Gasteiger partial charge in [-0.05, 0) is 49.1 Å². The van der Waals surface area contributed by atoms with Crippen molar-refractivity contribution in [3.63, 3.8) is 0 Å². The fourth-order valence-electron chi connectivity index (χ4n) is 3.39. The van der Waals surface area contributed by atoms with Crippen LogP contribution in [-0.4, -0.2) is 36.0 Å². The second-order valence-corrected chi connectivity index (χ2v) is 6.96. The van der Waals surface area contributed by atoms with Crippen molar-refractivity contribution in [3.05, 3.63) is 21.9 Å². The maximum Gasteiger partial charge on any atom is 0.318 e. The number of carbonyl (C=O) groups excluding carboxylic acids is 2. The monoisotopic (exact) mass is 321 g/mol. The number of hydrogen-bond donors (Lipinski definition) is 2. The maximum atomic E-state index is 12.7. The number of carbonyl (C=O) groups is 2. The van der Waals surface area contributed by atoms with E-state index in [9.17, 15) is 9.59 Å². The van der Waals surface area contributed by atoms with E-state index < -0.39 is 6.04 Å². The molecule has 2 aliphatic rings. The Morgan fingerprint density at radius 3 is 3.18 bits per heavy atom. The molecule has 2 unspecified atom stereocenters. The van der Waals surface area contributed by atoms with Gasteiger partial charge in [-0.3, -0.25) is 4.79 Å². The van der Waals surface area contributed by atoms with E-state index in [-0.39, 0.29) is 18.0 Å². The molecule has 3 amide bonds. The first-order valence-electron chi connectivity index (χ1n) is 8.11. The van der Waals surface area contributed by atoms with E-state index in [4.69, 9.17) is 0 Å². The molecule has 1 saturated heterocycles. The minimum atomic E-state index is -0.392. The molecule has 2 N–H and O–H groups in total. The van der Waals surface area contributed by atoms with Gasteiger partial charge in [0.05, 0.1) is 6.04 Å². The molecule has 120 valence electrons. The van der Waals surface area contributed by atoms with Crippen LogP contribution in [0.3, 0.4) is 0 Å². The molecule has 2 aliphatic heterocycles. The number of nitrogens with zero attached hydrogens (tertiary/aromatic N) is 1. The standard InChI is InChI=1S/C16H23N3O2S/c1-2-13-11-7-10-22-14(11)6-9-19(13)16(21)18-12-5-3-4-8-17-15(12)20/h7,10,12-13H,2-6,8-9H2,1H3,(H,17,20)(H,18,21). The third kappa shape index (κ3) is 2.97. The number of urea groups is 1. The molecule has 0 aliphatic carbocycles. The van der Waals surface area contributed by atoms with Gasteiger partial charge in [-0.1, -0.05) is 6.92 Å². The minimum Gasteiger partial charge on any atom is -0.354 e. The smallest absolute Gasteiger partial charge is 0.318 e. The van der Waals surface area contributed by atoms with Crippen LogP contribution in [0.5, 0.6) is 0 Å². The summed E-state index contributed by atoms with van der Waals surface area (Å²) in [6.45, 7) is 3.55. The molecule has 1 fully saturated rings. The third-order valence-electron chi connectivity index (χ3n) is 4.58. The van der Waals surface area contributed by atoms with Crippen LogP contribution in [-0.2, 0) is 11.2 Å². The molecule has 22 heavy (non-hydrogen) atoms. The van der Waals surface area contributed by atoms with E-state index >= 15 is 0 Å². The molecule has 3 rings (SSSR count). The van der Waals surface area contributed by atoms with Crippen molar-refractivity contribution in [2.75, 3.05) is 13.1 Å². The lowest BCUT2D eigenvalue weighted by molar-refractivity contribution is -0.122. The quantitative estimate of drug-likeness (QED) is 0.879. The van der Waals surface area contributed by atoms with Gasteiger partial charge >= 0.3 is 6.03 Å². The summed E-state index contributed by atoms with van der Waals surface area (Å²) in [5.74, 6) is -0.0490. The summed E-state index contributed by atoms with van der Waals surface area (Å²) in [5.41, 5.74) is 1.28. The fourth-order valence-corrected chi connectivity index (χ4v) is 4.32. The first-order valence-corrected chi connectivity index (χ1v) is 8.99. The molecule has 2 atom stereocenters. The van der Waals surface area contributed by atoms with E-state index in [1.807, 2.05) is 4.90 Å². The van der Waals surface area contributed by atoms with Gasteiger partial charge < -0.3 is 15.5 Å². The zero-order valence-corrected chi connectivity index (χ0v) is 13.7. The summed E-state index contributed by atoms with van der Waals surface area (Å²) < 4.78 is 0. The highest BCUT2D eigenvalue weighted by Gasteiger charge is 2.32. The molecule has 3 heterocycles. The number of fused-ring (bicyclic) bond motifs is 1. The Balaban J connectivity index is 1.70. The molecule has 6 heteroatoms. The van der Waals surface area contributed by atoms with Crippen LogP contribution < -0.4 is 10.6 Å². The SMILES string of the molecule is CCC1c2ccsc2CCN1C(=O)NC1CCCCNC1=O. The van der Waals surface area contributed by atoms with Crippen LogP contribution in [0.15, 0.2) is 11.4 Å². The Kier molecular flexibility index (Phi) is 4.66. The minimum absolute atomic E-state index is 0.0490. The number of thiophene rings is 1. The van der Waals surface area contributed by atoms with Gasteiger partial charge in [0, 0.05) is 18.0 Å². The van der Waals surface area contributed by atoms with Crippen molar-refractivity contribution in [2.45, 2.75) is 51.1 Å². The van der Waals surface area contributed by atoms with Crippen molar-refractivity contribution < 1.29 is 9.59 Å². The summed E-state index contributed by atoms with van der Waals surface area (Å²) in [4.78, 5) is 27.9. The van der Waals surface area contributed by atoms with Crippen LogP contribution in [0.1, 0.15) is 49.1 Å². The number of rotatable bonds is 2. The second-order valence-electron chi connectivity index (χ2n) is 5.96. The first-order chi connectivity index (χ1) is 10.7. The van der Waals surface area contributed by atoms with E-state index in [2.05, 4.69) is 29.0 Å². The van der Waals surface area contributed by atoms with E-state index in [1.54, 1.807) is 11.3 Å². The van der Waals surface area contributed by atoms with Gasteiger partial charge in [0.2, 0.25) is 5.91 Å². The predicted molar refractivity (Wildman–Crippen MR) is 86.9 cm³/mol. The fraction of sp³-hybridized carbons (Fsp3) is 0.625. The first kappa shape index (κ1) is 15.3. The van der Waals surface area contributed by atoms with E-state index in [1.165, 1.54) is 10.4 Å². The lowest BCUT2D eigenvalue weighted by atomic mass is 9.98. The molecule has 1 aromatic heterocycles. The highest BCUT2D eigenvalue weighted by molar-refractivity contribution is 7.10. The molecule has 0 spiro atoms. The average molecular weight is 321 g/mol. The van der Waals surface area contributed by atoms with Crippen LogP contribution in [0.2, 0.25) is 0 Å². The lowest BCUT2D eigenvalue weighted by Gasteiger charge is -2.36. The van der Waals surface area contributed by atoms with Gasteiger partial charge in [0.1, 0.15) is 6.04 Å². The summed E-state index contributed by atoms with van der Waals surface area (Å²) in [5, 5.41) is 7.92. The maximum absolute atomic E-state index is 12.7. The van der Waals surface area contributed by atoms with Crippen molar-refractivity contribution >= 4 is 23.3 Å². The Hall–Kier alpha value is -1.56. The van der Waals surface area contributed by atoms with Crippen molar-refractivity contribution in [3.8, 4) is 0 Å². The van der Waals surface area contributed by atoms with E-state index in [0.717, 1.165) is 38.6 Å². The van der Waals surface area contributed by atoms with Crippen molar-refractivity contribution in [1.82, 2.24) is 15.5 Å². The molecular weight excluding hydrogens is 298 g/mol. The lowest BCUT2D eigenvalue weighted by Crippen LogP contribution is -2.52. The molecule has 0 aromatic carbocycles. The molecule has 0 radical (unpaired) electrons. The molecule has 0 saturated carbocycles. The number of amides is 3. The highest BCUT2D eigenvalue weighted by Crippen LogP contribution is 2.35. The molecule has 5 nitrogen and oxygen atoms in total. The number of hydrogen-bond acceptors (Lipinski definition) is 3. The van der Waals surface area contributed by atoms with Crippen LogP contribution in [0.25, 0.3) is 0 Å². The molecular formula is C16H23N3O2S. The van der Waals surface area contributed by atoms with Crippen molar-refractivity contribution in [2.24, 2.45) is 0 Å². The van der Waals surface area contributed by atoms with Gasteiger partial charge in [-0.15, -0.1) is 11.3 Å². The van der Waals surface area contributed by atoms with Crippen LogP contribution in [0, 0.1) is 0 Å². The van der Waals surface area contributed by atoms with Gasteiger partial charge in [-0.25, -0.2) is 4.79 Å². The summed E-state index contributed by atoms with van der Waals surface area (Å²) in [7, 11) is 0. The Morgan fingerprint density at radius 2 is 2.36 bits per heavy atom. The zero-order valence-electron chi connectivity index (χ0n) is 12.9. The normalized spacial score (nSPS) is 25.1. The van der Waals surface area contributed by atoms with Crippen molar-refractivity contribution in [1.29, 1.82) is 0 Å². The number of nitrogens with one attached hydrogen (secondary N) is 2. The van der Waals surface area contributed by atoms with Gasteiger partial charge in [0.25, 0.3) is 0 Å². The highest BCUT2D eigenvalue weighted by atomic mass is 32.1. The Labute approximate surface area is 135 Å². The van der Waals surface area contributed by atoms with Crippen LogP contribution in [0.4, 0.5) is 4.79 Å². The molecule has 1 aromatic rings. The van der Waals surface area contributed by atoms with E-state index in [0.29, 0.717) is 6.54 Å². The summed E-state index contributed by atoms with van der Waals surface area (Å²) >= 11 is 1.77. The second kappa shape index (κ2) is 6.69. The topological polar surface area (TPSA) is 61.4 Å².